The molecule has 0 fully saturated rings. The Morgan fingerprint density at radius 1 is 0.435 bits per heavy atom. The first-order valence-corrected chi connectivity index (χ1v) is 19.3. The van der Waals surface area contributed by atoms with E-state index in [0.717, 1.165) is 31.8 Å². The standard InChI is InChI=1S/C44H66O2/c1-4-6-8-10-12-13-14-15-16-17-19-21-25-37-46-42-34-32-41(33-35-42)44-27-23-22-26-43(44)40-30-28-39(29-31-40)38(3)45-36-24-20-18-11-9-7-5-2/h22-23,26-35,38H,4-21,24-25,36-37H2,1-3H3. The lowest BCUT2D eigenvalue weighted by Gasteiger charge is -2.15. The third kappa shape index (κ3) is 15.3. The van der Waals surface area contributed by atoms with Crippen molar-refractivity contribution in [3.8, 4) is 28.0 Å². The van der Waals surface area contributed by atoms with Crippen LogP contribution in [0.5, 0.6) is 5.75 Å². The van der Waals surface area contributed by atoms with Crippen LogP contribution in [-0.2, 0) is 4.74 Å². The first-order valence-electron chi connectivity index (χ1n) is 19.3. The fourth-order valence-corrected chi connectivity index (χ4v) is 6.38. The molecule has 0 saturated heterocycles. The fraction of sp³-hybridized carbons (Fsp3) is 0.591. The molecule has 254 valence electrons. The topological polar surface area (TPSA) is 18.5 Å². The van der Waals surface area contributed by atoms with Gasteiger partial charge in [-0.05, 0) is 59.7 Å². The lowest BCUT2D eigenvalue weighted by molar-refractivity contribution is 0.0627. The van der Waals surface area contributed by atoms with Gasteiger partial charge in [-0.25, -0.2) is 0 Å². The van der Waals surface area contributed by atoms with Crippen LogP contribution >= 0.6 is 0 Å². The Balaban J connectivity index is 1.35. The molecule has 1 unspecified atom stereocenters. The summed E-state index contributed by atoms with van der Waals surface area (Å²) in [5.41, 5.74) is 6.21. The molecule has 1 atom stereocenters. The van der Waals surface area contributed by atoms with Crippen molar-refractivity contribution in [2.75, 3.05) is 13.2 Å². The summed E-state index contributed by atoms with van der Waals surface area (Å²) < 4.78 is 12.3. The Hall–Kier alpha value is -2.58. The Labute approximate surface area is 283 Å². The molecule has 0 saturated carbocycles. The van der Waals surface area contributed by atoms with Gasteiger partial charge in [0.05, 0.1) is 12.7 Å². The van der Waals surface area contributed by atoms with Crippen LogP contribution in [-0.4, -0.2) is 13.2 Å². The first kappa shape index (κ1) is 37.9. The Kier molecular flexibility index (Phi) is 20.2. The van der Waals surface area contributed by atoms with Crippen LogP contribution in [0.4, 0.5) is 0 Å². The van der Waals surface area contributed by atoms with Crippen LogP contribution in [0.15, 0.2) is 72.8 Å². The molecule has 0 aliphatic heterocycles. The van der Waals surface area contributed by atoms with Crippen LogP contribution in [0.2, 0.25) is 0 Å². The van der Waals surface area contributed by atoms with Crippen molar-refractivity contribution >= 4 is 0 Å². The molecule has 0 aromatic heterocycles. The summed E-state index contributed by atoms with van der Waals surface area (Å²) in [7, 11) is 0. The molecule has 0 N–H and O–H groups in total. The summed E-state index contributed by atoms with van der Waals surface area (Å²) in [4.78, 5) is 0. The number of unbranched alkanes of at least 4 members (excludes halogenated alkanes) is 18. The van der Waals surface area contributed by atoms with Gasteiger partial charge in [0.15, 0.2) is 0 Å². The molecule has 3 rings (SSSR count). The zero-order chi connectivity index (χ0) is 32.5. The molecule has 0 aliphatic carbocycles. The van der Waals surface area contributed by atoms with Crippen molar-refractivity contribution in [2.45, 2.75) is 155 Å². The number of hydrogen-bond acceptors (Lipinski definition) is 2. The van der Waals surface area contributed by atoms with Crippen molar-refractivity contribution in [2.24, 2.45) is 0 Å². The minimum atomic E-state index is 0.122. The van der Waals surface area contributed by atoms with Gasteiger partial charge < -0.3 is 9.47 Å². The van der Waals surface area contributed by atoms with Crippen LogP contribution < -0.4 is 4.74 Å². The number of ether oxygens (including phenoxy) is 2. The summed E-state index contributed by atoms with van der Waals surface area (Å²) in [5.74, 6) is 0.968. The summed E-state index contributed by atoms with van der Waals surface area (Å²) in [6, 6.07) is 26.3. The molecule has 0 radical (unpaired) electrons. The summed E-state index contributed by atoms with van der Waals surface area (Å²) >= 11 is 0. The van der Waals surface area contributed by atoms with E-state index in [1.807, 2.05) is 0 Å². The van der Waals surface area contributed by atoms with Crippen LogP contribution in [0.1, 0.15) is 161 Å². The molecule has 2 nitrogen and oxygen atoms in total. The van der Waals surface area contributed by atoms with E-state index in [1.165, 1.54) is 143 Å². The molecular formula is C44H66O2. The van der Waals surface area contributed by atoms with Crippen molar-refractivity contribution in [3.05, 3.63) is 78.4 Å². The monoisotopic (exact) mass is 627 g/mol. The number of hydrogen-bond donors (Lipinski definition) is 0. The van der Waals surface area contributed by atoms with E-state index >= 15 is 0 Å². The van der Waals surface area contributed by atoms with Gasteiger partial charge in [-0.3, -0.25) is 0 Å². The van der Waals surface area contributed by atoms with Crippen molar-refractivity contribution in [1.82, 2.24) is 0 Å². The predicted octanol–water partition coefficient (Wildman–Crippen LogP) is 14.3. The quantitative estimate of drug-likeness (QED) is 0.0784. The lowest BCUT2D eigenvalue weighted by Crippen LogP contribution is -2.02. The molecule has 0 aliphatic rings. The third-order valence-electron chi connectivity index (χ3n) is 9.42. The van der Waals surface area contributed by atoms with Gasteiger partial charge >= 0.3 is 0 Å². The minimum Gasteiger partial charge on any atom is -0.494 e. The van der Waals surface area contributed by atoms with Gasteiger partial charge in [-0.2, -0.15) is 0 Å². The largest absolute Gasteiger partial charge is 0.494 e. The highest BCUT2D eigenvalue weighted by molar-refractivity contribution is 5.83. The van der Waals surface area contributed by atoms with E-state index in [4.69, 9.17) is 9.47 Å². The summed E-state index contributed by atoms with van der Waals surface area (Å²) in [5, 5.41) is 0. The number of benzene rings is 3. The van der Waals surface area contributed by atoms with Gasteiger partial charge in [0, 0.05) is 6.61 Å². The third-order valence-corrected chi connectivity index (χ3v) is 9.42. The van der Waals surface area contributed by atoms with Crippen LogP contribution in [0, 0.1) is 0 Å². The number of rotatable bonds is 27. The highest BCUT2D eigenvalue weighted by Crippen LogP contribution is 2.34. The fourth-order valence-electron chi connectivity index (χ4n) is 6.38. The van der Waals surface area contributed by atoms with Gasteiger partial charge in [-0.1, -0.05) is 190 Å². The van der Waals surface area contributed by atoms with Gasteiger partial charge in [-0.15, -0.1) is 0 Å². The average molecular weight is 627 g/mol. The Bertz CT molecular complexity index is 1130. The maximum absolute atomic E-state index is 6.17. The minimum absolute atomic E-state index is 0.122. The highest BCUT2D eigenvalue weighted by atomic mass is 16.5. The van der Waals surface area contributed by atoms with Crippen molar-refractivity contribution in [3.63, 3.8) is 0 Å². The van der Waals surface area contributed by atoms with E-state index < -0.39 is 0 Å². The first-order chi connectivity index (χ1) is 22.7. The van der Waals surface area contributed by atoms with Crippen molar-refractivity contribution < 1.29 is 9.47 Å². The molecule has 0 heterocycles. The van der Waals surface area contributed by atoms with E-state index in [2.05, 4.69) is 93.6 Å². The molecule has 46 heavy (non-hydrogen) atoms. The predicted molar refractivity (Wildman–Crippen MR) is 201 cm³/mol. The highest BCUT2D eigenvalue weighted by Gasteiger charge is 2.10. The van der Waals surface area contributed by atoms with E-state index in [-0.39, 0.29) is 6.10 Å². The average Bonchev–Trinajstić information content (AvgIpc) is 3.10. The lowest BCUT2D eigenvalue weighted by atomic mass is 9.94. The molecule has 3 aromatic rings. The molecular weight excluding hydrogens is 560 g/mol. The zero-order valence-electron chi connectivity index (χ0n) is 29.9. The normalized spacial score (nSPS) is 12.0. The van der Waals surface area contributed by atoms with E-state index in [9.17, 15) is 0 Å². The maximum Gasteiger partial charge on any atom is 0.119 e. The second-order valence-electron chi connectivity index (χ2n) is 13.4. The van der Waals surface area contributed by atoms with Gasteiger partial charge in [0.25, 0.3) is 0 Å². The summed E-state index contributed by atoms with van der Waals surface area (Å²) in [6.07, 6.45) is 27.2. The smallest absolute Gasteiger partial charge is 0.119 e. The second-order valence-corrected chi connectivity index (χ2v) is 13.4. The molecule has 0 amide bonds. The van der Waals surface area contributed by atoms with E-state index in [0.29, 0.717) is 0 Å². The summed E-state index contributed by atoms with van der Waals surface area (Å²) in [6.45, 7) is 8.39. The van der Waals surface area contributed by atoms with Crippen molar-refractivity contribution in [1.29, 1.82) is 0 Å². The molecule has 3 aromatic carbocycles. The van der Waals surface area contributed by atoms with Gasteiger partial charge in [0.1, 0.15) is 5.75 Å². The van der Waals surface area contributed by atoms with Crippen LogP contribution in [0.3, 0.4) is 0 Å². The maximum atomic E-state index is 6.17. The second kappa shape index (κ2) is 24.6. The van der Waals surface area contributed by atoms with Gasteiger partial charge in [0.2, 0.25) is 0 Å². The Morgan fingerprint density at radius 3 is 1.28 bits per heavy atom. The molecule has 2 heteroatoms. The Morgan fingerprint density at radius 2 is 0.826 bits per heavy atom. The van der Waals surface area contributed by atoms with Crippen LogP contribution in [0.25, 0.3) is 22.3 Å². The van der Waals surface area contributed by atoms with E-state index in [1.54, 1.807) is 0 Å². The molecule has 0 bridgehead atoms. The zero-order valence-corrected chi connectivity index (χ0v) is 29.9. The molecule has 0 spiro atoms. The SMILES string of the molecule is CCCCCCCCCCCCCCCOc1ccc(-c2ccccc2-c2ccc(C(C)OCCCCCCCCC)cc2)cc1.